The molecule has 3 rings (SSSR count). The van der Waals surface area contributed by atoms with Crippen molar-refractivity contribution in [3.63, 3.8) is 0 Å². The average Bonchev–Trinajstić information content (AvgIpc) is 3.44. The Kier molecular flexibility index (Phi) is 11.5. The lowest BCUT2D eigenvalue weighted by atomic mass is 9.79. The van der Waals surface area contributed by atoms with Crippen molar-refractivity contribution in [3.8, 4) is 0 Å². The fraction of sp³-hybridized carbons (Fsp3) is 0.533. The zero-order valence-corrected chi connectivity index (χ0v) is 25.5. The van der Waals surface area contributed by atoms with Crippen LogP contribution in [-0.4, -0.2) is 107 Å². The molecule has 1 N–H and O–H groups in total. The molecule has 11 nitrogen and oxygen atoms in total. The molecule has 12 heteroatoms. The number of aliphatic hydroxyl groups is 1. The minimum Gasteiger partial charge on any atom is -0.457 e. The van der Waals surface area contributed by atoms with Crippen molar-refractivity contribution in [2.75, 3.05) is 40.0 Å². The van der Waals surface area contributed by atoms with Gasteiger partial charge in [0.25, 0.3) is 0 Å². The number of aliphatic hydroxyl groups excluding tert-OH is 1. The highest BCUT2D eigenvalue weighted by Crippen LogP contribution is 2.52. The van der Waals surface area contributed by atoms with Crippen LogP contribution in [0, 0.1) is 11.8 Å². The molecular weight excluding hydrogens is 562 g/mol. The molecule has 6 atom stereocenters. The third kappa shape index (κ3) is 7.09. The molecule has 0 spiro atoms. The summed E-state index contributed by atoms with van der Waals surface area (Å²) in [5, 5.41) is 10.1. The molecule has 0 bridgehead atoms. The predicted octanol–water partition coefficient (Wildman–Crippen LogP) is 3.48. The maximum atomic E-state index is 13.1. The number of nitrogens with zero attached hydrogens (tertiary/aromatic N) is 3. The van der Waals surface area contributed by atoms with Gasteiger partial charge in [0.2, 0.25) is 5.91 Å². The summed E-state index contributed by atoms with van der Waals surface area (Å²) in [4.78, 5) is 56.5. The Hall–Kier alpha value is -3.51. The number of hydrogen-bond donors (Lipinski definition) is 1. The van der Waals surface area contributed by atoms with Gasteiger partial charge >= 0.3 is 18.2 Å². The number of thioether (sulfide) groups is 1. The van der Waals surface area contributed by atoms with Crippen molar-refractivity contribution in [2.45, 2.75) is 50.6 Å². The molecule has 3 amide bonds. The molecular formula is C30H41N3O8S. The second-order valence-corrected chi connectivity index (χ2v) is 12.0. The smallest absolute Gasteiger partial charge is 0.410 e. The molecule has 3 heterocycles. The van der Waals surface area contributed by atoms with Crippen molar-refractivity contribution in [2.24, 2.45) is 11.8 Å². The first-order valence-electron chi connectivity index (χ1n) is 13.9. The monoisotopic (exact) mass is 603 g/mol. The summed E-state index contributed by atoms with van der Waals surface area (Å²) in [6.07, 6.45) is 5.06. The number of β-lactam (4-membered cyclic amide) rings is 1. The van der Waals surface area contributed by atoms with E-state index in [0.29, 0.717) is 24.4 Å². The molecule has 2 saturated heterocycles. The van der Waals surface area contributed by atoms with Crippen molar-refractivity contribution in [1.29, 1.82) is 0 Å². The van der Waals surface area contributed by atoms with Crippen LogP contribution in [0.4, 0.5) is 9.59 Å². The number of likely N-dealkylation sites (tertiary alicyclic amines) is 1. The summed E-state index contributed by atoms with van der Waals surface area (Å²) in [7, 11) is 1.62. The quantitative estimate of drug-likeness (QED) is 0.146. The maximum Gasteiger partial charge on any atom is 0.410 e. The molecule has 2 fully saturated rings. The highest BCUT2D eigenvalue weighted by atomic mass is 32.2. The molecule has 0 aliphatic carbocycles. The van der Waals surface area contributed by atoms with E-state index in [9.17, 15) is 24.3 Å². The van der Waals surface area contributed by atoms with Crippen LogP contribution in [-0.2, 0) is 23.8 Å². The summed E-state index contributed by atoms with van der Waals surface area (Å²) in [5.74, 6) is -1.76. The van der Waals surface area contributed by atoms with E-state index < -0.39 is 30.2 Å². The summed E-state index contributed by atoms with van der Waals surface area (Å²) >= 11 is 1.44. The third-order valence-corrected chi connectivity index (χ3v) is 8.89. The first-order chi connectivity index (χ1) is 20.0. The van der Waals surface area contributed by atoms with E-state index in [-0.39, 0.29) is 54.7 Å². The lowest BCUT2D eigenvalue weighted by Gasteiger charge is -2.46. The van der Waals surface area contributed by atoms with Gasteiger partial charge in [0.05, 0.1) is 24.1 Å². The van der Waals surface area contributed by atoms with Crippen molar-refractivity contribution < 1.29 is 38.5 Å². The molecule has 42 heavy (non-hydrogen) atoms. The topological polar surface area (TPSA) is 126 Å². The van der Waals surface area contributed by atoms with Crippen LogP contribution in [0.25, 0.3) is 0 Å². The van der Waals surface area contributed by atoms with E-state index in [2.05, 4.69) is 19.7 Å². The van der Waals surface area contributed by atoms with E-state index in [4.69, 9.17) is 14.2 Å². The molecule has 0 aromatic rings. The Morgan fingerprint density at radius 1 is 1.12 bits per heavy atom. The summed E-state index contributed by atoms with van der Waals surface area (Å²) in [5.41, 5.74) is 1.04. The number of likely N-dealkylation sites (N-methyl/N-ethyl adjacent to an activating group) is 1. The van der Waals surface area contributed by atoms with E-state index in [1.54, 1.807) is 18.9 Å². The Labute approximate surface area is 251 Å². The number of esters is 1. The minimum atomic E-state index is -0.859. The molecule has 3 aliphatic rings. The Morgan fingerprint density at radius 3 is 2.36 bits per heavy atom. The Morgan fingerprint density at radius 2 is 1.74 bits per heavy atom. The summed E-state index contributed by atoms with van der Waals surface area (Å²) in [6, 6.07) is -0.689. The second kappa shape index (κ2) is 14.6. The van der Waals surface area contributed by atoms with Crippen molar-refractivity contribution in [1.82, 2.24) is 14.7 Å². The molecule has 0 radical (unpaired) electrons. The molecule has 0 aromatic heterocycles. The van der Waals surface area contributed by atoms with E-state index in [1.165, 1.54) is 39.8 Å². The Balaban J connectivity index is 1.85. The van der Waals surface area contributed by atoms with Crippen molar-refractivity contribution >= 4 is 35.8 Å². The fourth-order valence-electron chi connectivity index (χ4n) is 5.60. The van der Waals surface area contributed by atoms with E-state index in [0.717, 1.165) is 5.57 Å². The maximum absolute atomic E-state index is 13.1. The highest BCUT2D eigenvalue weighted by Gasteiger charge is 2.60. The van der Waals surface area contributed by atoms with Crippen LogP contribution < -0.4 is 0 Å². The largest absolute Gasteiger partial charge is 0.457 e. The lowest BCUT2D eigenvalue weighted by Crippen LogP contribution is -2.63. The van der Waals surface area contributed by atoms with Gasteiger partial charge in [-0.1, -0.05) is 56.5 Å². The summed E-state index contributed by atoms with van der Waals surface area (Å²) in [6.45, 7) is 16.9. The van der Waals surface area contributed by atoms with Gasteiger partial charge in [0.15, 0.2) is 0 Å². The van der Waals surface area contributed by atoms with Gasteiger partial charge in [-0.15, -0.1) is 11.8 Å². The number of carbonyl (C=O) groups excluding carboxylic acids is 4. The molecule has 230 valence electrons. The normalized spacial score (nSPS) is 25.8. The lowest BCUT2D eigenvalue weighted by molar-refractivity contribution is -0.164. The third-order valence-electron chi connectivity index (χ3n) is 7.39. The zero-order chi connectivity index (χ0) is 31.1. The zero-order valence-electron chi connectivity index (χ0n) is 24.7. The van der Waals surface area contributed by atoms with E-state index >= 15 is 0 Å². The number of hydrogen-bond acceptors (Lipinski definition) is 9. The average molecular weight is 604 g/mol. The number of carbonyl (C=O) groups is 4. The van der Waals surface area contributed by atoms with Gasteiger partial charge in [-0.05, 0) is 20.3 Å². The number of rotatable bonds is 13. The molecule has 0 saturated carbocycles. The van der Waals surface area contributed by atoms with Crippen LogP contribution in [0.5, 0.6) is 0 Å². The second-order valence-electron chi connectivity index (χ2n) is 10.6. The van der Waals surface area contributed by atoms with Gasteiger partial charge < -0.3 is 34.0 Å². The molecule has 0 aromatic carbocycles. The van der Waals surface area contributed by atoms with Gasteiger partial charge in [0.1, 0.15) is 25.5 Å². The van der Waals surface area contributed by atoms with Crippen LogP contribution in [0.15, 0.2) is 60.2 Å². The summed E-state index contributed by atoms with van der Waals surface area (Å²) < 4.78 is 15.8. The van der Waals surface area contributed by atoms with Gasteiger partial charge in [0, 0.05) is 36.2 Å². The number of ether oxygens (including phenoxy) is 3. The molecule has 3 aliphatic heterocycles. The SMILES string of the molecule is C=CCOC(=O)C1=C(S[C@H]2C[C@@H](/C=C(/C)CN(C)C(=O)OCC=C)N(C(=O)OCC=C)C2)[C@H](C)[C@@H]2[C@@H]([C@@H](C)O)C(=O)N12. The van der Waals surface area contributed by atoms with Gasteiger partial charge in [-0.25, -0.2) is 14.4 Å². The Bertz CT molecular complexity index is 1170. The van der Waals surface area contributed by atoms with Crippen LogP contribution >= 0.6 is 11.8 Å². The van der Waals surface area contributed by atoms with Crippen LogP contribution in [0.1, 0.15) is 27.2 Å². The van der Waals surface area contributed by atoms with Crippen LogP contribution in [0.2, 0.25) is 0 Å². The first kappa shape index (κ1) is 33.0. The van der Waals surface area contributed by atoms with Crippen molar-refractivity contribution in [3.05, 3.63) is 60.2 Å². The van der Waals surface area contributed by atoms with Gasteiger partial charge in [-0.3, -0.25) is 4.79 Å². The number of amides is 3. The van der Waals surface area contributed by atoms with Gasteiger partial charge in [-0.2, -0.15) is 0 Å². The van der Waals surface area contributed by atoms with E-state index in [1.807, 2.05) is 19.9 Å². The minimum absolute atomic E-state index is 0.00470. The number of fused-ring (bicyclic) bond motifs is 1. The molecule has 0 unspecified atom stereocenters. The standard InChI is InChI=1S/C30H41N3O8S/c1-8-11-39-28(36)25-26(19(5)24-23(20(6)34)27(35)33(24)25)42-22-15-21(32(17-22)30(38)41-13-10-3)14-18(4)16-31(7)29(37)40-12-9-2/h8-10,14,19-24,34H,1-3,11-13,15-17H2,4-7H3/b18-14-/t19-,20-,21-,22+,23-,24-/m1/s1. The fourth-order valence-corrected chi connectivity index (χ4v) is 7.14. The highest BCUT2D eigenvalue weighted by molar-refractivity contribution is 8.03. The predicted molar refractivity (Wildman–Crippen MR) is 159 cm³/mol. The first-order valence-corrected chi connectivity index (χ1v) is 14.7. The van der Waals surface area contributed by atoms with Crippen LogP contribution in [0.3, 0.4) is 0 Å².